The number of aromatic nitrogens is 2. The van der Waals surface area contributed by atoms with E-state index in [9.17, 15) is 18.3 Å². The van der Waals surface area contributed by atoms with Crippen LogP contribution in [0.5, 0.6) is 0 Å². The van der Waals surface area contributed by atoms with Gasteiger partial charge in [-0.3, -0.25) is 4.79 Å². The number of nitrogens with zero attached hydrogens (tertiary/aromatic N) is 1. The number of hydrogen-bond donors (Lipinski definition) is 4. The Morgan fingerprint density at radius 3 is 2.52 bits per heavy atom. The molecule has 2 aromatic rings. The first-order chi connectivity index (χ1) is 10.8. The van der Waals surface area contributed by atoms with Crippen LogP contribution in [0.3, 0.4) is 0 Å². The molecule has 1 aromatic heterocycles. The number of H-pyrrole nitrogens is 1. The summed E-state index contributed by atoms with van der Waals surface area (Å²) in [4.78, 5) is 11.7. The van der Waals surface area contributed by atoms with Crippen molar-refractivity contribution in [1.29, 1.82) is 0 Å². The van der Waals surface area contributed by atoms with Crippen molar-refractivity contribution >= 4 is 26.6 Å². The van der Waals surface area contributed by atoms with Crippen LogP contribution in [0.1, 0.15) is 13.8 Å². The lowest BCUT2D eigenvalue weighted by Crippen LogP contribution is -2.39. The lowest BCUT2D eigenvalue weighted by Gasteiger charge is -2.15. The first kappa shape index (κ1) is 17.4. The number of anilines is 1. The zero-order valence-electron chi connectivity index (χ0n) is 12.9. The molecule has 0 bridgehead atoms. The molecule has 0 saturated heterocycles. The van der Waals surface area contributed by atoms with Crippen LogP contribution >= 0.6 is 0 Å². The Kier molecular flexibility index (Phi) is 5.34. The summed E-state index contributed by atoms with van der Waals surface area (Å²) in [5.74, 6) is 0.422. The lowest BCUT2D eigenvalue weighted by atomic mass is 10.2. The van der Waals surface area contributed by atoms with Gasteiger partial charge >= 0.3 is 0 Å². The van der Waals surface area contributed by atoms with E-state index < -0.39 is 21.4 Å². The summed E-state index contributed by atoms with van der Waals surface area (Å²) in [6, 6.07) is 6.95. The molecule has 9 heteroatoms. The van der Waals surface area contributed by atoms with Gasteiger partial charge < -0.3 is 10.4 Å². The fraction of sp³-hybridized carbons (Fsp3) is 0.429. The molecular formula is C14H20N4O4S. The smallest absolute Gasteiger partial charge is 0.272 e. The van der Waals surface area contributed by atoms with Gasteiger partial charge in [0, 0.05) is 18.5 Å². The summed E-state index contributed by atoms with van der Waals surface area (Å²) in [5, 5.41) is 19.7. The molecule has 4 N–H and O–H groups in total. The first-order valence-electron chi connectivity index (χ1n) is 7.19. The molecule has 2 rings (SSSR count). The molecule has 8 nitrogen and oxygen atoms in total. The Hall–Kier alpha value is -1.97. The predicted octanol–water partition coefficient (Wildman–Crippen LogP) is 0.0237. The topological polar surface area (TPSA) is 124 Å². The van der Waals surface area contributed by atoms with Crippen molar-refractivity contribution in [2.24, 2.45) is 0 Å². The molecule has 1 heterocycles. The molecular weight excluding hydrogens is 320 g/mol. The monoisotopic (exact) mass is 340 g/mol. The number of aliphatic hydroxyl groups excluding tert-OH is 1. The van der Waals surface area contributed by atoms with Crippen LogP contribution in [0.15, 0.2) is 29.1 Å². The van der Waals surface area contributed by atoms with Crippen molar-refractivity contribution in [2.75, 3.05) is 18.4 Å². The van der Waals surface area contributed by atoms with Crippen molar-refractivity contribution in [3.63, 3.8) is 0 Å². The fourth-order valence-electron chi connectivity index (χ4n) is 1.92. The SMILES string of the molecule is CC(C)S(=O)(=O)NCC(O)CNc1n[nH]c(=O)c2ccccc12. The van der Waals surface area contributed by atoms with Gasteiger partial charge in [0.1, 0.15) is 0 Å². The van der Waals surface area contributed by atoms with Gasteiger partial charge in [-0.05, 0) is 19.9 Å². The van der Waals surface area contributed by atoms with E-state index in [0.29, 0.717) is 16.6 Å². The Morgan fingerprint density at radius 1 is 1.22 bits per heavy atom. The summed E-state index contributed by atoms with van der Waals surface area (Å²) in [7, 11) is -3.42. The highest BCUT2D eigenvalue weighted by atomic mass is 32.2. The van der Waals surface area contributed by atoms with E-state index >= 15 is 0 Å². The van der Waals surface area contributed by atoms with Gasteiger partial charge in [-0.2, -0.15) is 5.10 Å². The quantitative estimate of drug-likeness (QED) is 0.563. The number of aromatic amines is 1. The third-order valence-corrected chi connectivity index (χ3v) is 5.15. The first-order valence-corrected chi connectivity index (χ1v) is 8.73. The molecule has 0 amide bonds. The van der Waals surface area contributed by atoms with Crippen molar-refractivity contribution in [3.05, 3.63) is 34.6 Å². The second kappa shape index (κ2) is 7.07. The molecule has 0 aliphatic heterocycles. The fourth-order valence-corrected chi connectivity index (χ4v) is 2.67. The minimum atomic E-state index is -3.42. The maximum atomic E-state index is 11.7. The second-order valence-corrected chi connectivity index (χ2v) is 7.75. The van der Waals surface area contributed by atoms with E-state index in [1.54, 1.807) is 38.1 Å². The van der Waals surface area contributed by atoms with Gasteiger partial charge in [0.25, 0.3) is 5.56 Å². The molecule has 1 unspecified atom stereocenters. The standard InChI is InChI=1S/C14H20N4O4S/c1-9(2)23(21,22)16-8-10(19)7-15-13-11-5-3-4-6-12(11)14(20)18-17-13/h3-6,9-10,16,19H,7-8H2,1-2H3,(H,15,17)(H,18,20). The molecule has 0 aliphatic carbocycles. The summed E-state index contributed by atoms with van der Waals surface area (Å²) < 4.78 is 25.6. The molecule has 1 atom stereocenters. The maximum absolute atomic E-state index is 11.7. The minimum Gasteiger partial charge on any atom is -0.390 e. The Morgan fingerprint density at radius 2 is 1.87 bits per heavy atom. The highest BCUT2D eigenvalue weighted by Crippen LogP contribution is 2.16. The minimum absolute atomic E-state index is 0.0870. The van der Waals surface area contributed by atoms with Gasteiger partial charge in [-0.15, -0.1) is 0 Å². The highest BCUT2D eigenvalue weighted by Gasteiger charge is 2.17. The van der Waals surface area contributed by atoms with Crippen LogP contribution in [0.25, 0.3) is 10.8 Å². The van der Waals surface area contributed by atoms with Crippen molar-refractivity contribution < 1.29 is 13.5 Å². The number of rotatable bonds is 7. The van der Waals surface area contributed by atoms with E-state index in [4.69, 9.17) is 0 Å². The van der Waals surface area contributed by atoms with Crippen LogP contribution in [0, 0.1) is 0 Å². The second-order valence-electron chi connectivity index (χ2n) is 5.42. The molecule has 0 saturated carbocycles. The van der Waals surface area contributed by atoms with E-state index in [1.165, 1.54) is 0 Å². The van der Waals surface area contributed by atoms with E-state index in [0.717, 1.165) is 0 Å². The normalized spacial score (nSPS) is 13.4. The predicted molar refractivity (Wildman–Crippen MR) is 88.9 cm³/mol. The largest absolute Gasteiger partial charge is 0.390 e. The van der Waals surface area contributed by atoms with Crippen LogP contribution in [0.2, 0.25) is 0 Å². The van der Waals surface area contributed by atoms with E-state index in [-0.39, 0.29) is 18.6 Å². The number of nitrogens with one attached hydrogen (secondary N) is 3. The number of benzene rings is 1. The number of sulfonamides is 1. The number of aliphatic hydroxyl groups is 1. The van der Waals surface area contributed by atoms with Gasteiger partial charge in [0.2, 0.25) is 10.0 Å². The average Bonchev–Trinajstić information content (AvgIpc) is 2.52. The van der Waals surface area contributed by atoms with Gasteiger partial charge in [-0.25, -0.2) is 18.2 Å². The van der Waals surface area contributed by atoms with Gasteiger partial charge in [0.15, 0.2) is 5.82 Å². The Labute approximate surface area is 134 Å². The summed E-state index contributed by atoms with van der Waals surface area (Å²) in [6.45, 7) is 3.10. The molecule has 0 fully saturated rings. The third kappa shape index (κ3) is 4.27. The molecule has 23 heavy (non-hydrogen) atoms. The van der Waals surface area contributed by atoms with Gasteiger partial charge in [0.05, 0.1) is 16.7 Å². The molecule has 0 aliphatic rings. The van der Waals surface area contributed by atoms with Crippen molar-refractivity contribution in [2.45, 2.75) is 25.2 Å². The zero-order chi connectivity index (χ0) is 17.0. The maximum Gasteiger partial charge on any atom is 0.272 e. The Balaban J connectivity index is 2.02. The van der Waals surface area contributed by atoms with Crippen LogP contribution in [-0.4, -0.2) is 48.2 Å². The molecule has 126 valence electrons. The van der Waals surface area contributed by atoms with Crippen LogP contribution < -0.4 is 15.6 Å². The number of fused-ring (bicyclic) bond motifs is 1. The molecule has 0 radical (unpaired) electrons. The van der Waals surface area contributed by atoms with Crippen LogP contribution in [0.4, 0.5) is 5.82 Å². The third-order valence-electron chi connectivity index (χ3n) is 3.34. The van der Waals surface area contributed by atoms with Gasteiger partial charge in [-0.1, -0.05) is 18.2 Å². The molecule has 0 spiro atoms. The summed E-state index contributed by atoms with van der Waals surface area (Å²) >= 11 is 0. The van der Waals surface area contributed by atoms with Crippen molar-refractivity contribution in [1.82, 2.24) is 14.9 Å². The van der Waals surface area contributed by atoms with E-state index in [2.05, 4.69) is 20.2 Å². The average molecular weight is 340 g/mol. The zero-order valence-corrected chi connectivity index (χ0v) is 13.7. The number of hydrogen-bond acceptors (Lipinski definition) is 6. The van der Waals surface area contributed by atoms with Crippen molar-refractivity contribution in [3.8, 4) is 0 Å². The summed E-state index contributed by atoms with van der Waals surface area (Å²) in [5.41, 5.74) is -0.295. The highest BCUT2D eigenvalue weighted by molar-refractivity contribution is 7.90. The van der Waals surface area contributed by atoms with E-state index in [1.807, 2.05) is 0 Å². The Bertz CT molecular complexity index is 832. The molecule has 1 aromatic carbocycles. The van der Waals surface area contributed by atoms with Crippen LogP contribution in [-0.2, 0) is 10.0 Å². The summed E-state index contributed by atoms with van der Waals surface area (Å²) in [6.07, 6.45) is -0.934. The lowest BCUT2D eigenvalue weighted by molar-refractivity contribution is 0.191.